The van der Waals surface area contributed by atoms with E-state index >= 15 is 0 Å². The van der Waals surface area contributed by atoms with Crippen molar-refractivity contribution in [3.63, 3.8) is 0 Å². The van der Waals surface area contributed by atoms with Gasteiger partial charge in [-0.3, -0.25) is 4.79 Å². The maximum Gasteiger partial charge on any atom is 0.289 e. The van der Waals surface area contributed by atoms with E-state index in [9.17, 15) is 4.79 Å². The van der Waals surface area contributed by atoms with Crippen LogP contribution in [0.25, 0.3) is 34.3 Å². The molecular weight excluding hydrogens is 422 g/mol. The zero-order chi connectivity index (χ0) is 21.2. The lowest BCUT2D eigenvalue weighted by Gasteiger charge is -2.08. The number of nitrogens with zero attached hydrogens (tertiary/aromatic N) is 2. The third kappa shape index (κ3) is 4.08. The van der Waals surface area contributed by atoms with Crippen molar-refractivity contribution in [3.05, 3.63) is 101 Å². The maximum atomic E-state index is 11.5. The van der Waals surface area contributed by atoms with Gasteiger partial charge in [-0.1, -0.05) is 85.0 Å². The lowest BCUT2D eigenvalue weighted by molar-refractivity contribution is 0.265. The van der Waals surface area contributed by atoms with Gasteiger partial charge in [-0.05, 0) is 41.6 Å². The summed E-state index contributed by atoms with van der Waals surface area (Å²) in [6.45, 7) is 0. The second-order valence-corrected chi connectivity index (χ2v) is 8.43. The van der Waals surface area contributed by atoms with E-state index < -0.39 is 0 Å². The number of nitrogens with one attached hydrogen (secondary N) is 1. The minimum atomic E-state index is -0.134. The normalized spacial score (nSPS) is 14.8. The number of hydrogen-bond acceptors (Lipinski definition) is 4. The molecule has 2 heterocycles. The van der Waals surface area contributed by atoms with Gasteiger partial charge in [0.05, 0.1) is 22.0 Å². The number of carbonyl (C=O) groups excluding carboxylic acids is 1. The van der Waals surface area contributed by atoms with E-state index in [1.54, 1.807) is 0 Å². The van der Waals surface area contributed by atoms with Gasteiger partial charge < -0.3 is 5.32 Å². The predicted octanol–water partition coefficient (Wildman–Crippen LogP) is 6.33. The first-order chi connectivity index (χ1) is 15.2. The number of carbonyl (C=O) groups is 1. The highest BCUT2D eigenvalue weighted by molar-refractivity contribution is 8.19. The van der Waals surface area contributed by atoms with Gasteiger partial charge in [0.1, 0.15) is 4.99 Å². The minimum Gasteiger partial charge on any atom is -0.307 e. The van der Waals surface area contributed by atoms with E-state index in [0.29, 0.717) is 4.99 Å². The minimum absolute atomic E-state index is 0.134. The molecule has 6 heteroatoms. The van der Waals surface area contributed by atoms with Gasteiger partial charge in [-0.25, -0.2) is 4.68 Å². The van der Waals surface area contributed by atoms with Crippen LogP contribution in [-0.2, 0) is 0 Å². The van der Waals surface area contributed by atoms with Crippen LogP contribution in [0.15, 0.2) is 95.9 Å². The molecule has 5 rings (SSSR count). The maximum absolute atomic E-state index is 11.5. The van der Waals surface area contributed by atoms with E-state index in [1.807, 2.05) is 71.4 Å². The summed E-state index contributed by atoms with van der Waals surface area (Å²) in [6.07, 6.45) is 1.92. The number of amides is 1. The monoisotopic (exact) mass is 439 g/mol. The molecular formula is C25H17N3OS2. The average molecular weight is 440 g/mol. The molecule has 1 amide bonds. The van der Waals surface area contributed by atoms with Crippen molar-refractivity contribution >= 4 is 40.3 Å². The third-order valence-corrected chi connectivity index (χ3v) is 6.21. The third-order valence-electron chi connectivity index (χ3n) is 4.93. The number of thiocarbonyl (C=S) groups is 1. The number of hydrogen-bond donors (Lipinski definition) is 1. The van der Waals surface area contributed by atoms with Crippen LogP contribution in [0.2, 0.25) is 0 Å². The van der Waals surface area contributed by atoms with Crippen LogP contribution < -0.4 is 5.32 Å². The predicted molar refractivity (Wildman–Crippen MR) is 131 cm³/mol. The Morgan fingerprint density at radius 3 is 2.13 bits per heavy atom. The molecule has 1 aliphatic rings. The zero-order valence-electron chi connectivity index (χ0n) is 16.4. The highest BCUT2D eigenvalue weighted by Gasteiger charge is 2.21. The van der Waals surface area contributed by atoms with Crippen molar-refractivity contribution in [1.29, 1.82) is 0 Å². The molecule has 4 nitrogen and oxygen atoms in total. The number of aromatic nitrogens is 2. The van der Waals surface area contributed by atoms with Gasteiger partial charge in [0, 0.05) is 11.1 Å². The Hall–Kier alpha value is -3.48. The van der Waals surface area contributed by atoms with Gasteiger partial charge in [0.25, 0.3) is 5.24 Å². The van der Waals surface area contributed by atoms with E-state index in [0.717, 1.165) is 50.4 Å². The van der Waals surface area contributed by atoms with Crippen LogP contribution in [-0.4, -0.2) is 20.0 Å². The van der Waals surface area contributed by atoms with Crippen LogP contribution in [0, 0.1) is 0 Å². The van der Waals surface area contributed by atoms with E-state index in [-0.39, 0.29) is 5.24 Å². The van der Waals surface area contributed by atoms with Gasteiger partial charge in [-0.2, -0.15) is 5.10 Å². The molecule has 3 aromatic carbocycles. The fourth-order valence-corrected chi connectivity index (χ4v) is 4.46. The van der Waals surface area contributed by atoms with E-state index in [4.69, 9.17) is 17.3 Å². The summed E-state index contributed by atoms with van der Waals surface area (Å²) in [5.41, 5.74) is 6.04. The molecule has 0 saturated carbocycles. The Morgan fingerprint density at radius 2 is 1.52 bits per heavy atom. The van der Waals surface area contributed by atoms with Crippen LogP contribution in [0.4, 0.5) is 4.79 Å². The molecule has 0 unspecified atom stereocenters. The standard InChI is InChI=1S/C25H17N3OS2/c29-25-26-24(30)23(31-25)15-17-11-13-20(14-12-17)28-22(19-9-5-2-6-10-19)16-21(27-28)18-7-3-1-4-8-18/h1-16H,(H,26,29,30)/b23-15-. The van der Waals surface area contributed by atoms with Gasteiger partial charge in [0.15, 0.2) is 0 Å². The summed E-state index contributed by atoms with van der Waals surface area (Å²) in [6, 6.07) is 30.6. The fourth-order valence-electron chi connectivity index (χ4n) is 3.43. The molecule has 0 aliphatic carbocycles. The SMILES string of the molecule is O=C1NC(=S)/C(=C/c2ccc(-n3nc(-c4ccccc4)cc3-c3ccccc3)cc2)S1. The molecule has 0 spiro atoms. The van der Waals surface area contributed by atoms with Gasteiger partial charge >= 0.3 is 0 Å². The molecule has 4 aromatic rings. The molecule has 1 saturated heterocycles. The largest absolute Gasteiger partial charge is 0.307 e. The summed E-state index contributed by atoms with van der Waals surface area (Å²) < 4.78 is 1.97. The second kappa shape index (κ2) is 8.34. The van der Waals surface area contributed by atoms with Crippen LogP contribution in [0.5, 0.6) is 0 Å². The highest BCUT2D eigenvalue weighted by atomic mass is 32.2. The van der Waals surface area contributed by atoms with Gasteiger partial charge in [0.2, 0.25) is 0 Å². The van der Waals surface area contributed by atoms with E-state index in [2.05, 4.69) is 35.6 Å². The number of rotatable bonds is 4. The molecule has 150 valence electrons. The van der Waals surface area contributed by atoms with Crippen LogP contribution in [0.1, 0.15) is 5.56 Å². The molecule has 1 N–H and O–H groups in total. The van der Waals surface area contributed by atoms with Crippen molar-refractivity contribution in [2.75, 3.05) is 0 Å². The molecule has 1 aromatic heterocycles. The average Bonchev–Trinajstić information content (AvgIpc) is 3.39. The number of thioether (sulfide) groups is 1. The van der Waals surface area contributed by atoms with Crippen LogP contribution >= 0.6 is 24.0 Å². The smallest absolute Gasteiger partial charge is 0.289 e. The Bertz CT molecular complexity index is 1290. The van der Waals surface area contributed by atoms with E-state index in [1.165, 1.54) is 0 Å². The molecule has 0 bridgehead atoms. The molecule has 0 radical (unpaired) electrons. The lowest BCUT2D eigenvalue weighted by atomic mass is 10.1. The van der Waals surface area contributed by atoms with Crippen molar-refractivity contribution in [2.24, 2.45) is 0 Å². The summed E-state index contributed by atoms with van der Waals surface area (Å²) in [4.78, 5) is 12.7. The Kier molecular flexibility index (Phi) is 5.24. The lowest BCUT2D eigenvalue weighted by Crippen LogP contribution is -2.15. The Labute approximate surface area is 189 Å². The second-order valence-electron chi connectivity index (χ2n) is 7.00. The summed E-state index contributed by atoms with van der Waals surface area (Å²) >= 11 is 6.33. The van der Waals surface area contributed by atoms with Crippen molar-refractivity contribution in [1.82, 2.24) is 15.1 Å². The molecule has 1 fully saturated rings. The quantitative estimate of drug-likeness (QED) is 0.298. The summed E-state index contributed by atoms with van der Waals surface area (Å²) in [5, 5.41) is 7.41. The topological polar surface area (TPSA) is 46.9 Å². The van der Waals surface area contributed by atoms with Crippen molar-refractivity contribution in [3.8, 4) is 28.2 Å². The Balaban J connectivity index is 1.55. The van der Waals surface area contributed by atoms with Crippen molar-refractivity contribution in [2.45, 2.75) is 0 Å². The molecule has 1 aliphatic heterocycles. The van der Waals surface area contributed by atoms with Crippen molar-refractivity contribution < 1.29 is 4.79 Å². The fraction of sp³-hybridized carbons (Fsp3) is 0. The first-order valence-electron chi connectivity index (χ1n) is 9.73. The first-order valence-corrected chi connectivity index (χ1v) is 11.0. The molecule has 31 heavy (non-hydrogen) atoms. The van der Waals surface area contributed by atoms with Crippen LogP contribution in [0.3, 0.4) is 0 Å². The molecule has 0 atom stereocenters. The first kappa shape index (κ1) is 19.5. The highest BCUT2D eigenvalue weighted by Crippen LogP contribution is 2.30. The van der Waals surface area contributed by atoms with Gasteiger partial charge in [-0.15, -0.1) is 0 Å². The summed E-state index contributed by atoms with van der Waals surface area (Å²) in [7, 11) is 0. The zero-order valence-corrected chi connectivity index (χ0v) is 18.0. The summed E-state index contributed by atoms with van der Waals surface area (Å²) in [5.74, 6) is 0. The number of benzene rings is 3. The Morgan fingerprint density at radius 1 is 0.871 bits per heavy atom.